The number of aromatic nitrogens is 1. The number of fused-ring (bicyclic) bond motifs is 1. The molecule has 4 N–H and O–H groups in total. The number of carbonyl (C=O) groups excluding carboxylic acids is 1. The summed E-state index contributed by atoms with van der Waals surface area (Å²) >= 11 is 0. The first-order chi connectivity index (χ1) is 10.1. The SMILES string of the molecule is CC(CNC(=O)c1cc2cc(N)ccc2[nH]1)N1CCCC1. The topological polar surface area (TPSA) is 74.1 Å². The average Bonchev–Trinajstić information content (AvgIpc) is 3.12. The van der Waals surface area contributed by atoms with E-state index in [4.69, 9.17) is 5.73 Å². The summed E-state index contributed by atoms with van der Waals surface area (Å²) in [6, 6.07) is 7.83. The van der Waals surface area contributed by atoms with Gasteiger partial charge in [0.05, 0.1) is 0 Å². The summed E-state index contributed by atoms with van der Waals surface area (Å²) in [4.78, 5) is 17.8. The summed E-state index contributed by atoms with van der Waals surface area (Å²) in [6.45, 7) is 5.12. The number of hydrogen-bond acceptors (Lipinski definition) is 3. The Morgan fingerprint density at radius 3 is 2.90 bits per heavy atom. The Hall–Kier alpha value is -2.01. The molecule has 21 heavy (non-hydrogen) atoms. The normalized spacial score (nSPS) is 17.2. The molecule has 5 nitrogen and oxygen atoms in total. The molecule has 1 aliphatic heterocycles. The molecule has 1 saturated heterocycles. The molecule has 0 bridgehead atoms. The van der Waals surface area contributed by atoms with Crippen LogP contribution in [-0.4, -0.2) is 41.5 Å². The van der Waals surface area contributed by atoms with Gasteiger partial charge in [0.2, 0.25) is 0 Å². The third-order valence-electron chi connectivity index (χ3n) is 4.21. The summed E-state index contributed by atoms with van der Waals surface area (Å²) in [7, 11) is 0. The van der Waals surface area contributed by atoms with Gasteiger partial charge >= 0.3 is 0 Å². The van der Waals surface area contributed by atoms with Crippen molar-refractivity contribution >= 4 is 22.5 Å². The molecule has 1 amide bonds. The Labute approximate surface area is 124 Å². The highest BCUT2D eigenvalue weighted by Gasteiger charge is 2.19. The number of nitrogens with one attached hydrogen (secondary N) is 2. The number of aromatic amines is 1. The van der Waals surface area contributed by atoms with Crippen LogP contribution >= 0.6 is 0 Å². The van der Waals surface area contributed by atoms with Crippen LogP contribution in [0.5, 0.6) is 0 Å². The van der Waals surface area contributed by atoms with E-state index in [9.17, 15) is 4.79 Å². The van der Waals surface area contributed by atoms with Crippen molar-refractivity contribution in [3.05, 3.63) is 30.0 Å². The fourth-order valence-corrected chi connectivity index (χ4v) is 2.92. The number of benzene rings is 1. The maximum absolute atomic E-state index is 12.2. The number of amides is 1. The molecule has 5 heteroatoms. The number of carbonyl (C=O) groups is 1. The van der Waals surface area contributed by atoms with Gasteiger partial charge in [-0.2, -0.15) is 0 Å². The molecule has 0 radical (unpaired) electrons. The molecule has 1 aliphatic rings. The minimum absolute atomic E-state index is 0.0594. The molecule has 1 unspecified atom stereocenters. The molecule has 1 fully saturated rings. The van der Waals surface area contributed by atoms with E-state index in [0.29, 0.717) is 24.0 Å². The fourth-order valence-electron chi connectivity index (χ4n) is 2.92. The van der Waals surface area contributed by atoms with Gasteiger partial charge in [-0.1, -0.05) is 0 Å². The molecule has 2 heterocycles. The lowest BCUT2D eigenvalue weighted by molar-refractivity contribution is 0.0936. The summed E-state index contributed by atoms with van der Waals surface area (Å²) in [5.74, 6) is -0.0594. The first-order valence-electron chi connectivity index (χ1n) is 7.54. The van der Waals surface area contributed by atoms with E-state index in [-0.39, 0.29) is 5.91 Å². The number of nitrogens with two attached hydrogens (primary N) is 1. The highest BCUT2D eigenvalue weighted by molar-refractivity contribution is 5.98. The van der Waals surface area contributed by atoms with Crippen LogP contribution in [0, 0.1) is 0 Å². The lowest BCUT2D eigenvalue weighted by Gasteiger charge is -2.23. The lowest BCUT2D eigenvalue weighted by Crippen LogP contribution is -2.40. The number of likely N-dealkylation sites (tertiary alicyclic amines) is 1. The maximum atomic E-state index is 12.2. The van der Waals surface area contributed by atoms with Gasteiger partial charge in [0, 0.05) is 29.2 Å². The van der Waals surface area contributed by atoms with Crippen LogP contribution in [0.15, 0.2) is 24.3 Å². The summed E-state index contributed by atoms with van der Waals surface area (Å²) in [5.41, 5.74) is 7.98. The number of anilines is 1. The highest BCUT2D eigenvalue weighted by Crippen LogP contribution is 2.18. The van der Waals surface area contributed by atoms with Crippen molar-refractivity contribution in [2.24, 2.45) is 0 Å². The maximum Gasteiger partial charge on any atom is 0.267 e. The van der Waals surface area contributed by atoms with E-state index < -0.39 is 0 Å². The zero-order valence-electron chi connectivity index (χ0n) is 12.4. The fraction of sp³-hybridized carbons (Fsp3) is 0.438. The van der Waals surface area contributed by atoms with Gasteiger partial charge in [-0.3, -0.25) is 9.69 Å². The minimum atomic E-state index is -0.0594. The van der Waals surface area contributed by atoms with Crippen LogP contribution in [0.2, 0.25) is 0 Å². The van der Waals surface area contributed by atoms with Crippen molar-refractivity contribution < 1.29 is 4.79 Å². The van der Waals surface area contributed by atoms with Gasteiger partial charge in [-0.25, -0.2) is 0 Å². The second-order valence-electron chi connectivity index (χ2n) is 5.83. The van der Waals surface area contributed by atoms with Crippen LogP contribution in [0.4, 0.5) is 5.69 Å². The van der Waals surface area contributed by atoms with Crippen molar-refractivity contribution in [2.75, 3.05) is 25.4 Å². The number of H-pyrrole nitrogens is 1. The predicted octanol–water partition coefficient (Wildman–Crippen LogP) is 1.96. The van der Waals surface area contributed by atoms with E-state index in [1.807, 2.05) is 24.3 Å². The molecule has 2 aromatic rings. The highest BCUT2D eigenvalue weighted by atomic mass is 16.1. The Bertz CT molecular complexity index is 643. The molecule has 1 aromatic heterocycles. The zero-order valence-corrected chi connectivity index (χ0v) is 12.4. The number of nitrogen functional groups attached to an aromatic ring is 1. The van der Waals surface area contributed by atoms with E-state index in [2.05, 4.69) is 22.1 Å². The first kappa shape index (κ1) is 13.9. The lowest BCUT2D eigenvalue weighted by atomic mass is 10.2. The number of rotatable bonds is 4. The van der Waals surface area contributed by atoms with Crippen molar-refractivity contribution in [3.8, 4) is 0 Å². The van der Waals surface area contributed by atoms with E-state index in [0.717, 1.165) is 24.0 Å². The van der Waals surface area contributed by atoms with Gasteiger partial charge in [0.25, 0.3) is 5.91 Å². The smallest absolute Gasteiger partial charge is 0.267 e. The van der Waals surface area contributed by atoms with E-state index in [1.165, 1.54) is 12.8 Å². The van der Waals surface area contributed by atoms with Crippen LogP contribution in [0.25, 0.3) is 10.9 Å². The Balaban J connectivity index is 1.63. The Morgan fingerprint density at radius 1 is 1.38 bits per heavy atom. The van der Waals surface area contributed by atoms with Crippen LogP contribution in [0.3, 0.4) is 0 Å². The van der Waals surface area contributed by atoms with Gasteiger partial charge in [-0.05, 0) is 57.1 Å². The first-order valence-corrected chi connectivity index (χ1v) is 7.54. The standard InChI is InChI=1S/C16H22N4O/c1-11(20-6-2-3-7-20)10-18-16(21)15-9-12-8-13(17)4-5-14(12)19-15/h4-5,8-9,11,19H,2-3,6-7,10,17H2,1H3,(H,18,21). The minimum Gasteiger partial charge on any atom is -0.399 e. The number of nitrogens with zero attached hydrogens (tertiary/aromatic N) is 1. The summed E-state index contributed by atoms with van der Waals surface area (Å²) in [5, 5.41) is 3.97. The van der Waals surface area contributed by atoms with Gasteiger partial charge in [-0.15, -0.1) is 0 Å². The largest absolute Gasteiger partial charge is 0.399 e. The molecule has 0 saturated carbocycles. The second-order valence-corrected chi connectivity index (χ2v) is 5.83. The monoisotopic (exact) mass is 286 g/mol. The molecular weight excluding hydrogens is 264 g/mol. The van der Waals surface area contributed by atoms with Crippen LogP contribution in [-0.2, 0) is 0 Å². The zero-order chi connectivity index (χ0) is 14.8. The van der Waals surface area contributed by atoms with Gasteiger partial charge in [0.15, 0.2) is 0 Å². The third kappa shape index (κ3) is 3.03. The average molecular weight is 286 g/mol. The molecule has 0 aliphatic carbocycles. The van der Waals surface area contributed by atoms with Crippen molar-refractivity contribution in [1.29, 1.82) is 0 Å². The summed E-state index contributed by atoms with van der Waals surface area (Å²) < 4.78 is 0. The molecule has 112 valence electrons. The van der Waals surface area contributed by atoms with E-state index in [1.54, 1.807) is 0 Å². The van der Waals surface area contributed by atoms with Crippen molar-refractivity contribution in [3.63, 3.8) is 0 Å². The number of hydrogen-bond donors (Lipinski definition) is 3. The van der Waals surface area contributed by atoms with Crippen molar-refractivity contribution in [2.45, 2.75) is 25.8 Å². The van der Waals surface area contributed by atoms with Crippen LogP contribution < -0.4 is 11.1 Å². The van der Waals surface area contributed by atoms with E-state index >= 15 is 0 Å². The quantitative estimate of drug-likeness (QED) is 0.752. The molecule has 1 aromatic carbocycles. The van der Waals surface area contributed by atoms with Crippen molar-refractivity contribution in [1.82, 2.24) is 15.2 Å². The van der Waals surface area contributed by atoms with Gasteiger partial charge in [0.1, 0.15) is 5.69 Å². The Kier molecular flexibility index (Phi) is 3.84. The third-order valence-corrected chi connectivity index (χ3v) is 4.21. The molecule has 0 spiro atoms. The predicted molar refractivity (Wildman–Crippen MR) is 85.3 cm³/mol. The summed E-state index contributed by atoms with van der Waals surface area (Å²) in [6.07, 6.45) is 2.53. The molecule has 1 atom stereocenters. The second kappa shape index (κ2) is 5.77. The molecule has 3 rings (SSSR count). The molecular formula is C16H22N4O. The van der Waals surface area contributed by atoms with Gasteiger partial charge < -0.3 is 16.0 Å². The van der Waals surface area contributed by atoms with Crippen LogP contribution in [0.1, 0.15) is 30.3 Å². The Morgan fingerprint density at radius 2 is 2.14 bits per heavy atom.